The number of alkyl halides is 3. The van der Waals surface area contributed by atoms with Gasteiger partial charge in [0.15, 0.2) is 0 Å². The second-order valence-corrected chi connectivity index (χ2v) is 3.24. The number of nitrogens with zero attached hydrogens (tertiary/aromatic N) is 1. The zero-order valence-electron chi connectivity index (χ0n) is 8.23. The lowest BCUT2D eigenvalue weighted by Gasteiger charge is -2.10. The minimum atomic E-state index is -4.45. The molecule has 0 atom stereocenters. The average molecular weight is 213 g/mol. The van der Waals surface area contributed by atoms with Crippen LogP contribution in [0, 0.1) is 11.3 Å². The summed E-state index contributed by atoms with van der Waals surface area (Å²) in [5, 5.41) is 8.55. The Morgan fingerprint density at radius 2 is 2.00 bits per heavy atom. The number of hydrogen-bond donors (Lipinski definition) is 0. The maximum atomic E-state index is 12.5. The molecule has 0 saturated carbocycles. The topological polar surface area (TPSA) is 23.8 Å². The van der Waals surface area contributed by atoms with Crippen LogP contribution in [0.2, 0.25) is 0 Å². The molecule has 0 amide bonds. The van der Waals surface area contributed by atoms with E-state index in [0.29, 0.717) is 12.0 Å². The van der Waals surface area contributed by atoms with E-state index in [1.54, 1.807) is 12.1 Å². The first-order valence-corrected chi connectivity index (χ1v) is 4.59. The second-order valence-electron chi connectivity index (χ2n) is 3.24. The first kappa shape index (κ1) is 11.6. The lowest BCUT2D eigenvalue weighted by Crippen LogP contribution is -2.08. The fourth-order valence-corrected chi connectivity index (χ4v) is 1.37. The number of halogens is 3. The summed E-state index contributed by atoms with van der Waals surface area (Å²) in [7, 11) is 0. The van der Waals surface area contributed by atoms with Crippen LogP contribution in [0.15, 0.2) is 18.2 Å². The summed E-state index contributed by atoms with van der Waals surface area (Å²) < 4.78 is 37.5. The summed E-state index contributed by atoms with van der Waals surface area (Å²) in [6, 6.07) is 5.41. The van der Waals surface area contributed by atoms with Crippen molar-refractivity contribution in [2.45, 2.75) is 25.9 Å². The molecule has 0 heterocycles. The molecule has 4 heteroatoms. The van der Waals surface area contributed by atoms with Crippen LogP contribution in [0.3, 0.4) is 0 Å². The molecule has 0 bridgehead atoms. The molecule has 0 aliphatic rings. The van der Waals surface area contributed by atoms with Gasteiger partial charge in [-0.25, -0.2) is 0 Å². The van der Waals surface area contributed by atoms with E-state index in [-0.39, 0.29) is 5.56 Å². The standard InChI is InChI=1S/C11H10F3N/c1-2-3-8-4-5-9(7-15)10(6-8)11(12,13)14/h4-6H,2-3H2,1H3. The lowest BCUT2D eigenvalue weighted by atomic mass is 10.0. The number of hydrogen-bond acceptors (Lipinski definition) is 1. The summed E-state index contributed by atoms with van der Waals surface area (Å²) in [6.45, 7) is 1.89. The molecule has 0 aliphatic carbocycles. The molecule has 0 fully saturated rings. The zero-order valence-corrected chi connectivity index (χ0v) is 8.23. The molecule has 0 aliphatic heterocycles. The highest BCUT2D eigenvalue weighted by molar-refractivity contribution is 5.42. The Morgan fingerprint density at radius 3 is 2.47 bits per heavy atom. The van der Waals surface area contributed by atoms with E-state index in [0.717, 1.165) is 12.5 Å². The van der Waals surface area contributed by atoms with Gasteiger partial charge in [-0.2, -0.15) is 18.4 Å². The highest BCUT2D eigenvalue weighted by atomic mass is 19.4. The Morgan fingerprint density at radius 1 is 1.33 bits per heavy atom. The third-order valence-corrected chi connectivity index (χ3v) is 2.05. The summed E-state index contributed by atoms with van der Waals surface area (Å²) in [6.07, 6.45) is -3.08. The van der Waals surface area contributed by atoms with Crippen molar-refractivity contribution in [1.29, 1.82) is 5.26 Å². The SMILES string of the molecule is CCCc1ccc(C#N)c(C(F)(F)F)c1. The van der Waals surface area contributed by atoms with E-state index >= 15 is 0 Å². The van der Waals surface area contributed by atoms with Crippen LogP contribution in [-0.4, -0.2) is 0 Å². The largest absolute Gasteiger partial charge is 0.417 e. The minimum Gasteiger partial charge on any atom is -0.192 e. The van der Waals surface area contributed by atoms with E-state index in [2.05, 4.69) is 0 Å². The molecular formula is C11H10F3N. The molecule has 1 aromatic carbocycles. The number of aryl methyl sites for hydroxylation is 1. The Kier molecular flexibility index (Phi) is 3.35. The average Bonchev–Trinajstić information content (AvgIpc) is 2.17. The Bertz CT molecular complexity index is 388. The van der Waals surface area contributed by atoms with Crippen LogP contribution in [0.5, 0.6) is 0 Å². The molecule has 0 spiro atoms. The van der Waals surface area contributed by atoms with Gasteiger partial charge >= 0.3 is 6.18 Å². The van der Waals surface area contributed by atoms with Crippen molar-refractivity contribution >= 4 is 0 Å². The first-order valence-electron chi connectivity index (χ1n) is 4.59. The zero-order chi connectivity index (χ0) is 11.5. The molecule has 0 saturated heterocycles. The lowest BCUT2D eigenvalue weighted by molar-refractivity contribution is -0.137. The molecule has 0 N–H and O–H groups in total. The molecule has 80 valence electrons. The summed E-state index contributed by atoms with van der Waals surface area (Å²) in [5.74, 6) is 0. The number of rotatable bonds is 2. The fraction of sp³-hybridized carbons (Fsp3) is 0.364. The van der Waals surface area contributed by atoms with Gasteiger partial charge < -0.3 is 0 Å². The smallest absolute Gasteiger partial charge is 0.192 e. The fourth-order valence-electron chi connectivity index (χ4n) is 1.37. The Hall–Kier alpha value is -1.50. The quantitative estimate of drug-likeness (QED) is 0.737. The van der Waals surface area contributed by atoms with Crippen molar-refractivity contribution in [3.8, 4) is 6.07 Å². The highest BCUT2D eigenvalue weighted by Gasteiger charge is 2.33. The van der Waals surface area contributed by atoms with Crippen LogP contribution < -0.4 is 0 Å². The number of nitriles is 1. The van der Waals surface area contributed by atoms with E-state index in [1.165, 1.54) is 6.07 Å². The third kappa shape index (κ3) is 2.72. The maximum Gasteiger partial charge on any atom is 0.417 e. The number of benzene rings is 1. The molecule has 0 unspecified atom stereocenters. The summed E-state index contributed by atoms with van der Waals surface area (Å²) in [4.78, 5) is 0. The predicted molar refractivity (Wildman–Crippen MR) is 50.2 cm³/mol. The molecule has 15 heavy (non-hydrogen) atoms. The van der Waals surface area contributed by atoms with Gasteiger partial charge in [0.25, 0.3) is 0 Å². The Balaban J connectivity index is 3.21. The van der Waals surface area contributed by atoms with Crippen LogP contribution in [-0.2, 0) is 12.6 Å². The summed E-state index contributed by atoms with van der Waals surface area (Å²) in [5.41, 5.74) is -0.540. The monoisotopic (exact) mass is 213 g/mol. The maximum absolute atomic E-state index is 12.5. The van der Waals surface area contributed by atoms with Crippen LogP contribution in [0.4, 0.5) is 13.2 Å². The van der Waals surface area contributed by atoms with Gasteiger partial charge in [-0.15, -0.1) is 0 Å². The molecule has 0 aromatic heterocycles. The third-order valence-electron chi connectivity index (χ3n) is 2.05. The van der Waals surface area contributed by atoms with Crippen molar-refractivity contribution in [2.24, 2.45) is 0 Å². The predicted octanol–water partition coefficient (Wildman–Crippen LogP) is 3.53. The van der Waals surface area contributed by atoms with Crippen molar-refractivity contribution in [1.82, 2.24) is 0 Å². The van der Waals surface area contributed by atoms with Crippen LogP contribution in [0.1, 0.15) is 30.0 Å². The van der Waals surface area contributed by atoms with Crippen molar-refractivity contribution in [3.63, 3.8) is 0 Å². The van der Waals surface area contributed by atoms with Crippen LogP contribution >= 0.6 is 0 Å². The molecule has 1 aromatic rings. The van der Waals surface area contributed by atoms with Gasteiger partial charge in [0.2, 0.25) is 0 Å². The second kappa shape index (κ2) is 4.35. The van der Waals surface area contributed by atoms with Crippen molar-refractivity contribution < 1.29 is 13.2 Å². The molecular weight excluding hydrogens is 203 g/mol. The van der Waals surface area contributed by atoms with E-state index in [1.807, 2.05) is 6.92 Å². The molecule has 1 nitrogen and oxygen atoms in total. The Labute approximate surface area is 86.1 Å². The normalized spacial score (nSPS) is 11.1. The van der Waals surface area contributed by atoms with Crippen molar-refractivity contribution in [3.05, 3.63) is 34.9 Å². The van der Waals surface area contributed by atoms with Crippen molar-refractivity contribution in [2.75, 3.05) is 0 Å². The summed E-state index contributed by atoms with van der Waals surface area (Å²) >= 11 is 0. The van der Waals surface area contributed by atoms with E-state index in [9.17, 15) is 13.2 Å². The molecule has 0 radical (unpaired) electrons. The van der Waals surface area contributed by atoms with Gasteiger partial charge in [0.05, 0.1) is 17.2 Å². The minimum absolute atomic E-state index is 0.317. The van der Waals surface area contributed by atoms with Gasteiger partial charge in [-0.05, 0) is 24.1 Å². The van der Waals surface area contributed by atoms with Gasteiger partial charge in [0, 0.05) is 0 Å². The first-order chi connectivity index (χ1) is 6.99. The highest BCUT2D eigenvalue weighted by Crippen LogP contribution is 2.32. The van der Waals surface area contributed by atoms with E-state index in [4.69, 9.17) is 5.26 Å². The van der Waals surface area contributed by atoms with Crippen LogP contribution in [0.25, 0.3) is 0 Å². The van der Waals surface area contributed by atoms with Gasteiger partial charge in [-0.1, -0.05) is 19.4 Å². The van der Waals surface area contributed by atoms with Gasteiger partial charge in [0.1, 0.15) is 0 Å². The molecule has 1 rings (SSSR count). The van der Waals surface area contributed by atoms with Gasteiger partial charge in [-0.3, -0.25) is 0 Å². The van der Waals surface area contributed by atoms with E-state index < -0.39 is 11.7 Å².